The van der Waals surface area contributed by atoms with Gasteiger partial charge in [-0.15, -0.1) is 0 Å². The standard InChI is InChI=1S/C12H11Cl2FN2O4/c13-7-1-5(15)2-8(14)10(7)16-12(21)17-4-6(18)3-9(17)11(19)20/h1-2,6,9,18H,3-4H2,(H,16,21)(H,19,20)/t6?,9-/m0/s1. The summed E-state index contributed by atoms with van der Waals surface area (Å²) >= 11 is 11.6. The second-order valence-corrected chi connectivity index (χ2v) is 5.38. The lowest BCUT2D eigenvalue weighted by Gasteiger charge is -2.22. The number of carboxylic acids is 1. The highest BCUT2D eigenvalue weighted by molar-refractivity contribution is 6.39. The molecule has 1 fully saturated rings. The van der Waals surface area contributed by atoms with Crippen LogP contribution in [0.1, 0.15) is 6.42 Å². The molecule has 1 heterocycles. The van der Waals surface area contributed by atoms with E-state index in [0.717, 1.165) is 17.0 Å². The third kappa shape index (κ3) is 3.37. The first-order valence-electron chi connectivity index (χ1n) is 5.92. The number of benzene rings is 1. The molecule has 1 saturated heterocycles. The monoisotopic (exact) mass is 336 g/mol. The fraction of sp³-hybridized carbons (Fsp3) is 0.333. The second-order valence-electron chi connectivity index (χ2n) is 4.57. The van der Waals surface area contributed by atoms with Crippen LogP contribution in [0.15, 0.2) is 12.1 Å². The van der Waals surface area contributed by atoms with Crippen LogP contribution in [0.4, 0.5) is 14.9 Å². The molecule has 3 N–H and O–H groups in total. The maximum Gasteiger partial charge on any atom is 0.326 e. The number of likely N-dealkylation sites (tertiary alicyclic amines) is 1. The number of carbonyl (C=O) groups is 2. The zero-order chi connectivity index (χ0) is 15.7. The van der Waals surface area contributed by atoms with E-state index >= 15 is 0 Å². The number of hydrogen-bond acceptors (Lipinski definition) is 3. The number of β-amino-alcohol motifs (C(OH)–C–C–N with tert-alkyl or cyclic N) is 1. The molecule has 1 unspecified atom stereocenters. The smallest absolute Gasteiger partial charge is 0.326 e. The number of carbonyl (C=O) groups excluding carboxylic acids is 1. The van der Waals surface area contributed by atoms with Crippen molar-refractivity contribution >= 4 is 40.9 Å². The predicted octanol–water partition coefficient (Wildman–Crippen LogP) is 2.18. The van der Waals surface area contributed by atoms with Crippen LogP contribution in [0.25, 0.3) is 0 Å². The largest absolute Gasteiger partial charge is 0.480 e. The van der Waals surface area contributed by atoms with Gasteiger partial charge in [-0.1, -0.05) is 23.2 Å². The van der Waals surface area contributed by atoms with Crippen LogP contribution < -0.4 is 5.32 Å². The summed E-state index contributed by atoms with van der Waals surface area (Å²) in [7, 11) is 0. The van der Waals surface area contributed by atoms with E-state index < -0.39 is 30.0 Å². The predicted molar refractivity (Wildman–Crippen MR) is 74.2 cm³/mol. The van der Waals surface area contributed by atoms with Crippen molar-refractivity contribution in [3.05, 3.63) is 28.0 Å². The van der Waals surface area contributed by atoms with E-state index in [1.807, 2.05) is 0 Å². The number of hydrogen-bond donors (Lipinski definition) is 3. The van der Waals surface area contributed by atoms with Gasteiger partial charge in [0.25, 0.3) is 0 Å². The highest BCUT2D eigenvalue weighted by atomic mass is 35.5. The Morgan fingerprint density at radius 2 is 1.90 bits per heavy atom. The molecule has 9 heteroatoms. The van der Waals surface area contributed by atoms with Crippen LogP contribution in [0.2, 0.25) is 10.0 Å². The number of nitrogens with one attached hydrogen (secondary N) is 1. The van der Waals surface area contributed by atoms with E-state index in [1.165, 1.54) is 0 Å². The van der Waals surface area contributed by atoms with Crippen LogP contribution in [0.3, 0.4) is 0 Å². The average molecular weight is 337 g/mol. The molecule has 0 bridgehead atoms. The van der Waals surface area contributed by atoms with Crippen molar-refractivity contribution in [2.24, 2.45) is 0 Å². The molecule has 1 aliphatic heterocycles. The topological polar surface area (TPSA) is 89.9 Å². The van der Waals surface area contributed by atoms with Crippen LogP contribution in [-0.4, -0.2) is 45.8 Å². The van der Waals surface area contributed by atoms with Gasteiger partial charge in [-0.3, -0.25) is 0 Å². The second kappa shape index (κ2) is 6.05. The fourth-order valence-electron chi connectivity index (χ4n) is 2.11. The molecule has 1 aromatic rings. The van der Waals surface area contributed by atoms with Gasteiger partial charge >= 0.3 is 12.0 Å². The molecule has 6 nitrogen and oxygen atoms in total. The van der Waals surface area contributed by atoms with Crippen molar-refractivity contribution in [3.8, 4) is 0 Å². The van der Waals surface area contributed by atoms with E-state index in [4.69, 9.17) is 28.3 Å². The Morgan fingerprint density at radius 1 is 1.33 bits per heavy atom. The van der Waals surface area contributed by atoms with Gasteiger partial charge in [0.2, 0.25) is 0 Å². The van der Waals surface area contributed by atoms with Gasteiger partial charge in [-0.2, -0.15) is 0 Å². The molecule has 21 heavy (non-hydrogen) atoms. The van der Waals surface area contributed by atoms with Gasteiger partial charge < -0.3 is 20.4 Å². The Morgan fingerprint density at radius 3 is 2.43 bits per heavy atom. The molecule has 2 atom stereocenters. The first-order valence-corrected chi connectivity index (χ1v) is 6.68. The quantitative estimate of drug-likeness (QED) is 0.772. The summed E-state index contributed by atoms with van der Waals surface area (Å²) in [6.07, 6.45) is -0.982. The van der Waals surface area contributed by atoms with Gasteiger partial charge in [0.1, 0.15) is 11.9 Å². The van der Waals surface area contributed by atoms with Crippen molar-refractivity contribution in [2.45, 2.75) is 18.6 Å². The van der Waals surface area contributed by atoms with E-state index in [-0.39, 0.29) is 28.7 Å². The molecule has 1 aromatic carbocycles. The number of urea groups is 1. The zero-order valence-corrected chi connectivity index (χ0v) is 12.0. The molecule has 2 amide bonds. The van der Waals surface area contributed by atoms with Crippen LogP contribution in [-0.2, 0) is 4.79 Å². The Labute approximate surface area is 129 Å². The molecule has 0 radical (unpaired) electrons. The minimum atomic E-state index is -1.22. The number of nitrogens with zero attached hydrogens (tertiary/aromatic N) is 1. The van der Waals surface area contributed by atoms with Crippen molar-refractivity contribution < 1.29 is 24.2 Å². The molecule has 1 aliphatic rings. The first-order chi connectivity index (χ1) is 9.79. The number of carboxylic acid groups (broad SMARTS) is 1. The minimum Gasteiger partial charge on any atom is -0.480 e. The average Bonchev–Trinajstić information content (AvgIpc) is 2.76. The van der Waals surface area contributed by atoms with Crippen molar-refractivity contribution in [3.63, 3.8) is 0 Å². The van der Waals surface area contributed by atoms with E-state index in [0.29, 0.717) is 0 Å². The van der Waals surface area contributed by atoms with Crippen LogP contribution in [0.5, 0.6) is 0 Å². The van der Waals surface area contributed by atoms with Crippen molar-refractivity contribution in [2.75, 3.05) is 11.9 Å². The summed E-state index contributed by atoms with van der Waals surface area (Å²) in [5, 5.41) is 20.6. The summed E-state index contributed by atoms with van der Waals surface area (Å²) in [6.45, 7) is -0.126. The number of amides is 2. The summed E-state index contributed by atoms with van der Waals surface area (Å²) < 4.78 is 13.1. The summed E-state index contributed by atoms with van der Waals surface area (Å²) in [4.78, 5) is 24.1. The van der Waals surface area contributed by atoms with Crippen LogP contribution >= 0.6 is 23.2 Å². The Hall–Kier alpha value is -1.57. The van der Waals surface area contributed by atoms with E-state index in [1.54, 1.807) is 0 Å². The van der Waals surface area contributed by atoms with Gasteiger partial charge in [0.05, 0.1) is 21.8 Å². The fourth-order valence-corrected chi connectivity index (χ4v) is 2.67. The lowest BCUT2D eigenvalue weighted by Crippen LogP contribution is -2.43. The number of aliphatic carboxylic acids is 1. The molecular formula is C12H11Cl2FN2O4. The summed E-state index contributed by atoms with van der Waals surface area (Å²) in [6, 6.07) is 0.0139. The van der Waals surface area contributed by atoms with Gasteiger partial charge in [0.15, 0.2) is 0 Å². The molecule has 0 saturated carbocycles. The SMILES string of the molecule is O=C(O)[C@@H]1CC(O)CN1C(=O)Nc1c(Cl)cc(F)cc1Cl. The molecule has 0 spiro atoms. The van der Waals surface area contributed by atoms with E-state index in [2.05, 4.69) is 5.32 Å². The maximum absolute atomic E-state index is 13.1. The highest BCUT2D eigenvalue weighted by Gasteiger charge is 2.39. The van der Waals surface area contributed by atoms with Gasteiger partial charge in [-0.05, 0) is 12.1 Å². The number of halogens is 3. The summed E-state index contributed by atoms with van der Waals surface area (Å²) in [5.74, 6) is -1.89. The third-order valence-corrected chi connectivity index (χ3v) is 3.66. The minimum absolute atomic E-state index is 0.0183. The lowest BCUT2D eigenvalue weighted by atomic mass is 10.2. The maximum atomic E-state index is 13.1. The van der Waals surface area contributed by atoms with Gasteiger partial charge in [0, 0.05) is 13.0 Å². The highest BCUT2D eigenvalue weighted by Crippen LogP contribution is 2.32. The Balaban J connectivity index is 2.20. The summed E-state index contributed by atoms with van der Waals surface area (Å²) in [5.41, 5.74) is -0.0183. The van der Waals surface area contributed by atoms with Crippen molar-refractivity contribution in [1.82, 2.24) is 4.90 Å². The zero-order valence-electron chi connectivity index (χ0n) is 10.5. The van der Waals surface area contributed by atoms with Crippen molar-refractivity contribution in [1.29, 1.82) is 0 Å². The normalized spacial score (nSPS) is 21.4. The first kappa shape index (κ1) is 15.8. The Kier molecular flexibility index (Phi) is 4.55. The third-order valence-electron chi connectivity index (χ3n) is 3.06. The number of anilines is 1. The van der Waals surface area contributed by atoms with Gasteiger partial charge in [-0.25, -0.2) is 14.0 Å². The molecule has 2 rings (SSSR count). The van der Waals surface area contributed by atoms with E-state index in [9.17, 15) is 19.1 Å². The number of rotatable bonds is 2. The number of aliphatic hydroxyl groups is 1. The lowest BCUT2D eigenvalue weighted by molar-refractivity contribution is -0.141. The molecule has 0 aromatic heterocycles. The molecule has 0 aliphatic carbocycles. The molecule has 114 valence electrons. The molecular weight excluding hydrogens is 326 g/mol. The number of aliphatic hydroxyl groups excluding tert-OH is 1. The Bertz CT molecular complexity index is 576. The van der Waals surface area contributed by atoms with Crippen LogP contribution in [0, 0.1) is 5.82 Å².